The maximum atomic E-state index is 2.44. The first kappa shape index (κ1) is 16.2. The maximum Gasteiger partial charge on any atom is 0.259 e. The molecule has 3 heterocycles. The molecule has 1 nitrogen and oxygen atoms in total. The van der Waals surface area contributed by atoms with Crippen molar-refractivity contribution in [2.45, 2.75) is 19.3 Å². The Morgan fingerprint density at radius 3 is 2.36 bits per heavy atom. The van der Waals surface area contributed by atoms with Gasteiger partial charge in [-0.05, 0) is 62.5 Å². The number of anilines is 3. The van der Waals surface area contributed by atoms with Crippen LogP contribution in [0.5, 0.6) is 0 Å². The van der Waals surface area contributed by atoms with E-state index in [1.165, 1.54) is 43.9 Å². The molecule has 0 saturated carbocycles. The highest BCUT2D eigenvalue weighted by atomic mass is 32.1. The van der Waals surface area contributed by atoms with Crippen molar-refractivity contribution < 1.29 is 0 Å². The van der Waals surface area contributed by atoms with Gasteiger partial charge in [-0.3, -0.25) is 0 Å². The van der Waals surface area contributed by atoms with Crippen molar-refractivity contribution >= 4 is 50.8 Å². The fraction of sp³-hybridized carbons (Fsp3) is 0.120. The molecule has 0 amide bonds. The third-order valence-electron chi connectivity index (χ3n) is 6.42. The van der Waals surface area contributed by atoms with E-state index in [0.29, 0.717) is 6.71 Å². The lowest BCUT2D eigenvalue weighted by atomic mass is 9.33. The topological polar surface area (TPSA) is 3.24 Å². The summed E-state index contributed by atoms with van der Waals surface area (Å²) in [4.78, 5) is 2.44. The lowest BCUT2D eigenvalue weighted by Gasteiger charge is -2.44. The molecule has 0 radical (unpaired) electrons. The first-order valence-corrected chi connectivity index (χ1v) is 10.7. The molecule has 0 N–H and O–H groups in total. The molecule has 0 atom stereocenters. The van der Waals surface area contributed by atoms with Gasteiger partial charge in [-0.25, -0.2) is 0 Å². The highest BCUT2D eigenvalue weighted by molar-refractivity contribution is 7.27. The highest BCUT2D eigenvalue weighted by Gasteiger charge is 2.46. The van der Waals surface area contributed by atoms with Gasteiger partial charge in [-0.15, -0.1) is 0 Å². The SMILES string of the molecule is CC1(C)c2ccsc2B2c3ccccc3N(c3ccccc3)c3cccc1c32. The summed E-state index contributed by atoms with van der Waals surface area (Å²) in [5.74, 6) is 0. The Labute approximate surface area is 170 Å². The Morgan fingerprint density at radius 1 is 0.750 bits per heavy atom. The Hall–Kier alpha value is -2.78. The van der Waals surface area contributed by atoms with E-state index in [2.05, 4.69) is 103 Å². The molecule has 0 saturated heterocycles. The lowest BCUT2D eigenvalue weighted by molar-refractivity contribution is 0.648. The Balaban J connectivity index is 1.74. The molecule has 134 valence electrons. The largest absolute Gasteiger partial charge is 0.312 e. The van der Waals surface area contributed by atoms with E-state index in [0.717, 1.165) is 0 Å². The van der Waals surface area contributed by atoms with Crippen molar-refractivity contribution in [3.8, 4) is 0 Å². The summed E-state index contributed by atoms with van der Waals surface area (Å²) in [5, 5.41) is 2.27. The average Bonchev–Trinajstić information content (AvgIpc) is 3.22. The average molecular weight is 377 g/mol. The third-order valence-corrected chi connectivity index (χ3v) is 7.40. The smallest absolute Gasteiger partial charge is 0.259 e. The van der Waals surface area contributed by atoms with Crippen LogP contribution in [-0.4, -0.2) is 6.71 Å². The lowest BCUT2D eigenvalue weighted by Crippen LogP contribution is -2.63. The summed E-state index contributed by atoms with van der Waals surface area (Å²) in [6.45, 7) is 5.07. The molecular formula is C25H20BNS. The molecule has 3 heteroatoms. The quantitative estimate of drug-likeness (QED) is 0.383. The zero-order chi connectivity index (χ0) is 18.9. The van der Waals surface area contributed by atoms with Crippen molar-refractivity contribution in [2.24, 2.45) is 0 Å². The normalized spacial score (nSPS) is 15.6. The molecule has 0 spiro atoms. The van der Waals surface area contributed by atoms with Gasteiger partial charge in [0.15, 0.2) is 0 Å². The number of rotatable bonds is 1. The first-order valence-electron chi connectivity index (χ1n) is 9.83. The van der Waals surface area contributed by atoms with Crippen LogP contribution in [0.4, 0.5) is 17.1 Å². The minimum Gasteiger partial charge on any atom is -0.312 e. The summed E-state index contributed by atoms with van der Waals surface area (Å²) in [7, 11) is 0. The fourth-order valence-corrected chi connectivity index (χ4v) is 6.33. The molecule has 0 aliphatic carbocycles. The molecule has 2 aliphatic heterocycles. The Bertz CT molecular complexity index is 1210. The van der Waals surface area contributed by atoms with Crippen molar-refractivity contribution in [2.75, 3.05) is 4.90 Å². The summed E-state index contributed by atoms with van der Waals surface area (Å²) in [6, 6.07) is 28.9. The van der Waals surface area contributed by atoms with E-state index in [-0.39, 0.29) is 5.41 Å². The van der Waals surface area contributed by atoms with Crippen molar-refractivity contribution in [1.82, 2.24) is 0 Å². The number of hydrogen-bond acceptors (Lipinski definition) is 2. The van der Waals surface area contributed by atoms with Crippen LogP contribution in [0, 0.1) is 0 Å². The third kappa shape index (κ3) is 1.97. The highest BCUT2D eigenvalue weighted by Crippen LogP contribution is 2.42. The standard InChI is InChI=1S/C25H20BNS/c1-25(2)18-11-8-14-22-23(18)26(24-19(25)15-16-28-24)20-12-6-7-13-21(20)27(22)17-9-4-3-5-10-17/h3-16H,1-2H3. The monoisotopic (exact) mass is 377 g/mol. The number of benzene rings is 3. The predicted octanol–water partition coefficient (Wildman–Crippen LogP) is 4.69. The zero-order valence-corrected chi connectivity index (χ0v) is 16.8. The summed E-state index contributed by atoms with van der Waals surface area (Å²) in [5.41, 5.74) is 9.67. The molecule has 1 aromatic heterocycles. The molecule has 4 aromatic rings. The number of hydrogen-bond donors (Lipinski definition) is 0. The van der Waals surface area contributed by atoms with Gasteiger partial charge >= 0.3 is 0 Å². The van der Waals surface area contributed by atoms with Gasteiger partial charge in [0.25, 0.3) is 6.71 Å². The summed E-state index contributed by atoms with van der Waals surface area (Å²) < 4.78 is 1.50. The molecule has 6 rings (SSSR count). The second-order valence-electron chi connectivity index (χ2n) is 8.22. The Morgan fingerprint density at radius 2 is 1.50 bits per heavy atom. The molecule has 0 fully saturated rings. The van der Waals surface area contributed by atoms with Gasteiger partial charge < -0.3 is 4.90 Å². The van der Waals surface area contributed by atoms with E-state index in [1.54, 1.807) is 0 Å². The van der Waals surface area contributed by atoms with Crippen LogP contribution in [0.3, 0.4) is 0 Å². The number of fused-ring (bicyclic) bond motifs is 4. The van der Waals surface area contributed by atoms with E-state index >= 15 is 0 Å². The maximum absolute atomic E-state index is 2.44. The zero-order valence-electron chi connectivity index (χ0n) is 16.0. The fourth-order valence-electron chi connectivity index (χ4n) is 5.15. The predicted molar refractivity (Wildman–Crippen MR) is 122 cm³/mol. The van der Waals surface area contributed by atoms with Gasteiger partial charge in [0.2, 0.25) is 0 Å². The van der Waals surface area contributed by atoms with Gasteiger partial charge in [0, 0.05) is 22.5 Å². The molecule has 0 unspecified atom stereocenters. The molecular weight excluding hydrogens is 357 g/mol. The van der Waals surface area contributed by atoms with Crippen LogP contribution in [-0.2, 0) is 5.41 Å². The van der Waals surface area contributed by atoms with Crippen molar-refractivity contribution in [1.29, 1.82) is 0 Å². The second kappa shape index (κ2) is 5.62. The molecule has 0 bridgehead atoms. The van der Waals surface area contributed by atoms with Gasteiger partial charge in [-0.2, -0.15) is 11.3 Å². The van der Waals surface area contributed by atoms with Crippen LogP contribution < -0.4 is 20.6 Å². The minimum atomic E-state index is 0.0197. The van der Waals surface area contributed by atoms with E-state index in [9.17, 15) is 0 Å². The van der Waals surface area contributed by atoms with Gasteiger partial charge in [-0.1, -0.05) is 62.4 Å². The van der Waals surface area contributed by atoms with Crippen LogP contribution in [0.15, 0.2) is 84.2 Å². The number of nitrogens with zero attached hydrogens (tertiary/aromatic N) is 1. The van der Waals surface area contributed by atoms with Crippen molar-refractivity contribution in [3.05, 3.63) is 95.4 Å². The van der Waals surface area contributed by atoms with E-state index in [1.807, 2.05) is 11.3 Å². The first-order chi connectivity index (χ1) is 13.7. The number of para-hydroxylation sites is 2. The van der Waals surface area contributed by atoms with E-state index in [4.69, 9.17) is 0 Å². The molecule has 2 aliphatic rings. The summed E-state index contributed by atoms with van der Waals surface area (Å²) >= 11 is 1.91. The van der Waals surface area contributed by atoms with Crippen LogP contribution >= 0.6 is 11.3 Å². The Kier molecular flexibility index (Phi) is 3.25. The van der Waals surface area contributed by atoms with Crippen LogP contribution in [0.25, 0.3) is 0 Å². The number of thiophene rings is 1. The molecule has 28 heavy (non-hydrogen) atoms. The second-order valence-corrected chi connectivity index (χ2v) is 9.17. The minimum absolute atomic E-state index is 0.0197. The van der Waals surface area contributed by atoms with Gasteiger partial charge in [0.1, 0.15) is 0 Å². The molecule has 3 aromatic carbocycles. The van der Waals surface area contributed by atoms with E-state index < -0.39 is 0 Å². The van der Waals surface area contributed by atoms with Crippen molar-refractivity contribution in [3.63, 3.8) is 0 Å². The van der Waals surface area contributed by atoms with Gasteiger partial charge in [0.05, 0.1) is 0 Å². The summed E-state index contributed by atoms with van der Waals surface area (Å²) in [6.07, 6.45) is 0. The van der Waals surface area contributed by atoms with Crippen LogP contribution in [0.1, 0.15) is 25.0 Å². The van der Waals surface area contributed by atoms with Crippen LogP contribution in [0.2, 0.25) is 0 Å².